The van der Waals surface area contributed by atoms with Gasteiger partial charge in [-0.15, -0.1) is 0 Å². The Labute approximate surface area is 109 Å². The van der Waals surface area contributed by atoms with Gasteiger partial charge in [0, 0.05) is 6.07 Å². The second kappa shape index (κ2) is 5.39. The number of benzene rings is 1. The molecule has 1 unspecified atom stereocenters. The van der Waals surface area contributed by atoms with Gasteiger partial charge < -0.3 is 11.1 Å². The van der Waals surface area contributed by atoms with Gasteiger partial charge in [-0.25, -0.2) is 8.78 Å². The molecule has 1 amide bonds. The van der Waals surface area contributed by atoms with E-state index >= 15 is 0 Å². The molecule has 0 aliphatic carbocycles. The van der Waals surface area contributed by atoms with E-state index in [-0.39, 0.29) is 10.7 Å². The standard InChI is InChI=1S/C12H14F2N2OS/c1-3-12(2,10(15)18)11(17)16-9-6-7(13)4-5-8(9)14/h4-6H,3H2,1-2H3,(H2,15,18)(H,16,17). The third kappa shape index (κ3) is 2.81. The number of halogens is 2. The molecule has 0 bridgehead atoms. The number of thiocarbonyl (C=S) groups is 1. The van der Waals surface area contributed by atoms with Crippen molar-refractivity contribution in [2.24, 2.45) is 11.1 Å². The minimum absolute atomic E-state index is 0.0133. The van der Waals surface area contributed by atoms with E-state index in [1.165, 1.54) is 0 Å². The Hall–Kier alpha value is -1.56. The van der Waals surface area contributed by atoms with Gasteiger partial charge in [-0.1, -0.05) is 19.1 Å². The van der Waals surface area contributed by atoms with Gasteiger partial charge in [0.2, 0.25) is 5.91 Å². The molecule has 1 atom stereocenters. The minimum Gasteiger partial charge on any atom is -0.392 e. The van der Waals surface area contributed by atoms with Gasteiger partial charge in [-0.3, -0.25) is 4.79 Å². The van der Waals surface area contributed by atoms with Gasteiger partial charge in [0.15, 0.2) is 0 Å². The summed E-state index contributed by atoms with van der Waals surface area (Å²) in [6, 6.07) is 2.81. The lowest BCUT2D eigenvalue weighted by atomic mass is 9.86. The molecule has 0 radical (unpaired) electrons. The average Bonchev–Trinajstić information content (AvgIpc) is 2.32. The normalized spacial score (nSPS) is 13.8. The maximum atomic E-state index is 13.4. The number of hydrogen-bond acceptors (Lipinski definition) is 2. The number of carbonyl (C=O) groups is 1. The van der Waals surface area contributed by atoms with Crippen molar-refractivity contribution < 1.29 is 13.6 Å². The summed E-state index contributed by atoms with van der Waals surface area (Å²) >= 11 is 4.83. The van der Waals surface area contributed by atoms with Gasteiger partial charge >= 0.3 is 0 Å². The summed E-state index contributed by atoms with van der Waals surface area (Å²) in [5.41, 5.74) is 4.19. The van der Waals surface area contributed by atoms with Crippen LogP contribution in [0.2, 0.25) is 0 Å². The predicted octanol–water partition coefficient (Wildman–Crippen LogP) is 2.61. The number of rotatable bonds is 4. The Morgan fingerprint density at radius 2 is 2.11 bits per heavy atom. The van der Waals surface area contributed by atoms with Gasteiger partial charge in [0.25, 0.3) is 0 Å². The van der Waals surface area contributed by atoms with Crippen molar-refractivity contribution in [2.45, 2.75) is 20.3 Å². The predicted molar refractivity (Wildman–Crippen MR) is 70.2 cm³/mol. The van der Waals surface area contributed by atoms with Crippen LogP contribution in [0.3, 0.4) is 0 Å². The van der Waals surface area contributed by atoms with Crippen LogP contribution in [-0.4, -0.2) is 10.9 Å². The van der Waals surface area contributed by atoms with Gasteiger partial charge in [0.05, 0.1) is 16.1 Å². The van der Waals surface area contributed by atoms with E-state index in [0.29, 0.717) is 6.42 Å². The monoisotopic (exact) mass is 272 g/mol. The number of anilines is 1. The summed E-state index contributed by atoms with van der Waals surface area (Å²) < 4.78 is 26.3. The second-order valence-electron chi connectivity index (χ2n) is 4.13. The molecule has 0 aliphatic heterocycles. The Balaban J connectivity index is 3.00. The lowest BCUT2D eigenvalue weighted by molar-refractivity contribution is -0.121. The molecule has 6 heteroatoms. The third-order valence-electron chi connectivity index (χ3n) is 2.93. The maximum Gasteiger partial charge on any atom is 0.237 e. The highest BCUT2D eigenvalue weighted by molar-refractivity contribution is 7.80. The SMILES string of the molecule is CCC(C)(C(=O)Nc1cc(F)ccc1F)C(N)=S. The van der Waals surface area contributed by atoms with Crippen LogP contribution in [-0.2, 0) is 4.79 Å². The Bertz CT molecular complexity index is 493. The molecule has 98 valence electrons. The molecule has 1 aromatic carbocycles. The van der Waals surface area contributed by atoms with Crippen LogP contribution < -0.4 is 11.1 Å². The first-order chi connectivity index (χ1) is 8.31. The Morgan fingerprint density at radius 3 is 2.61 bits per heavy atom. The highest BCUT2D eigenvalue weighted by Gasteiger charge is 2.34. The molecule has 3 N–H and O–H groups in total. The van der Waals surface area contributed by atoms with E-state index in [9.17, 15) is 13.6 Å². The summed E-state index contributed by atoms with van der Waals surface area (Å²) in [6.07, 6.45) is 0.366. The van der Waals surface area contributed by atoms with E-state index in [4.69, 9.17) is 18.0 Å². The first kappa shape index (κ1) is 14.5. The molecular formula is C12H14F2N2OS. The topological polar surface area (TPSA) is 55.1 Å². The summed E-state index contributed by atoms with van der Waals surface area (Å²) in [7, 11) is 0. The van der Waals surface area contributed by atoms with Crippen LogP contribution in [0.5, 0.6) is 0 Å². The fourth-order valence-electron chi connectivity index (χ4n) is 1.30. The molecule has 1 aromatic rings. The number of hydrogen-bond donors (Lipinski definition) is 2. The molecule has 0 heterocycles. The number of nitrogens with two attached hydrogens (primary N) is 1. The maximum absolute atomic E-state index is 13.4. The van der Waals surface area contributed by atoms with Crippen molar-refractivity contribution in [3.63, 3.8) is 0 Å². The Morgan fingerprint density at radius 1 is 1.50 bits per heavy atom. The number of amides is 1. The first-order valence-corrected chi connectivity index (χ1v) is 5.78. The molecule has 0 saturated heterocycles. The van der Waals surface area contributed by atoms with E-state index in [1.54, 1.807) is 13.8 Å². The van der Waals surface area contributed by atoms with E-state index in [1.807, 2.05) is 0 Å². The van der Waals surface area contributed by atoms with Crippen LogP contribution in [0.15, 0.2) is 18.2 Å². The molecule has 0 aliphatic rings. The summed E-state index contributed by atoms with van der Waals surface area (Å²) in [4.78, 5) is 12.0. The summed E-state index contributed by atoms with van der Waals surface area (Å²) in [5, 5.41) is 2.30. The number of nitrogens with one attached hydrogen (secondary N) is 1. The minimum atomic E-state index is -1.09. The largest absolute Gasteiger partial charge is 0.392 e. The fraction of sp³-hybridized carbons (Fsp3) is 0.333. The van der Waals surface area contributed by atoms with Crippen LogP contribution >= 0.6 is 12.2 Å². The van der Waals surface area contributed by atoms with Crippen LogP contribution in [0, 0.1) is 17.0 Å². The van der Waals surface area contributed by atoms with E-state index < -0.39 is 23.0 Å². The zero-order valence-electron chi connectivity index (χ0n) is 10.1. The second-order valence-corrected chi connectivity index (χ2v) is 4.57. The molecular weight excluding hydrogens is 258 g/mol. The fourth-order valence-corrected chi connectivity index (χ4v) is 1.54. The lowest BCUT2D eigenvalue weighted by Crippen LogP contribution is -2.43. The Kier molecular flexibility index (Phi) is 4.34. The van der Waals surface area contributed by atoms with Crippen molar-refractivity contribution in [3.05, 3.63) is 29.8 Å². The van der Waals surface area contributed by atoms with Crippen molar-refractivity contribution in [1.82, 2.24) is 0 Å². The summed E-state index contributed by atoms with van der Waals surface area (Å²) in [6.45, 7) is 3.29. The quantitative estimate of drug-likeness (QED) is 0.828. The van der Waals surface area contributed by atoms with Crippen molar-refractivity contribution in [3.8, 4) is 0 Å². The van der Waals surface area contributed by atoms with Crippen LogP contribution in [0.25, 0.3) is 0 Å². The van der Waals surface area contributed by atoms with Crippen molar-refractivity contribution in [1.29, 1.82) is 0 Å². The molecule has 0 spiro atoms. The highest BCUT2D eigenvalue weighted by atomic mass is 32.1. The highest BCUT2D eigenvalue weighted by Crippen LogP contribution is 2.25. The zero-order valence-corrected chi connectivity index (χ0v) is 10.9. The molecule has 0 fully saturated rings. The first-order valence-electron chi connectivity index (χ1n) is 5.37. The van der Waals surface area contributed by atoms with Crippen LogP contribution in [0.1, 0.15) is 20.3 Å². The lowest BCUT2D eigenvalue weighted by Gasteiger charge is -2.25. The molecule has 3 nitrogen and oxygen atoms in total. The van der Waals surface area contributed by atoms with Crippen molar-refractivity contribution in [2.75, 3.05) is 5.32 Å². The molecule has 18 heavy (non-hydrogen) atoms. The zero-order chi connectivity index (χ0) is 13.9. The summed E-state index contributed by atoms with van der Waals surface area (Å²) in [5.74, 6) is -1.91. The molecule has 1 rings (SSSR count). The van der Waals surface area contributed by atoms with Crippen molar-refractivity contribution >= 4 is 28.8 Å². The molecule has 0 saturated carbocycles. The van der Waals surface area contributed by atoms with Gasteiger partial charge in [0.1, 0.15) is 11.6 Å². The smallest absolute Gasteiger partial charge is 0.237 e. The molecule has 0 aromatic heterocycles. The third-order valence-corrected chi connectivity index (χ3v) is 3.38. The van der Waals surface area contributed by atoms with Crippen LogP contribution in [0.4, 0.5) is 14.5 Å². The average molecular weight is 272 g/mol. The van der Waals surface area contributed by atoms with Gasteiger partial charge in [-0.05, 0) is 25.5 Å². The van der Waals surface area contributed by atoms with Gasteiger partial charge in [-0.2, -0.15) is 0 Å². The van der Waals surface area contributed by atoms with E-state index in [0.717, 1.165) is 18.2 Å². The number of carbonyl (C=O) groups excluding carboxylic acids is 1. The van der Waals surface area contributed by atoms with E-state index in [2.05, 4.69) is 5.32 Å².